The molecule has 0 spiro atoms. The number of nitrogens with one attached hydrogen (secondary N) is 1. The molecule has 0 fully saturated rings. The molecule has 4 nitrogen and oxygen atoms in total. The Labute approximate surface area is 171 Å². The fourth-order valence-electron chi connectivity index (χ4n) is 3.04. The number of hydrogen-bond donors (Lipinski definition) is 1. The number of hydrogen-bond acceptors (Lipinski definition) is 3. The summed E-state index contributed by atoms with van der Waals surface area (Å²) in [6.07, 6.45) is 3.16. The minimum atomic E-state index is 0. The van der Waals surface area contributed by atoms with Crippen molar-refractivity contribution in [3.63, 3.8) is 0 Å². The van der Waals surface area contributed by atoms with E-state index < -0.39 is 0 Å². The fourth-order valence-corrected chi connectivity index (χ4v) is 3.85. The van der Waals surface area contributed by atoms with E-state index in [1.165, 1.54) is 16.1 Å². The number of rotatable bonds is 5. The largest absolute Gasteiger partial charge is 0.357 e. The predicted molar refractivity (Wildman–Crippen MR) is 117 cm³/mol. The first-order valence-electron chi connectivity index (χ1n) is 8.77. The fraction of sp³-hybridized carbons (Fsp3) is 0.474. The third-order valence-corrected chi connectivity index (χ3v) is 5.27. The lowest BCUT2D eigenvalue weighted by Crippen LogP contribution is -2.44. The van der Waals surface area contributed by atoms with Crippen molar-refractivity contribution in [2.45, 2.75) is 39.7 Å². The number of benzene rings is 1. The van der Waals surface area contributed by atoms with Crippen molar-refractivity contribution in [1.29, 1.82) is 0 Å². The van der Waals surface area contributed by atoms with E-state index in [0.717, 1.165) is 57.1 Å². The van der Waals surface area contributed by atoms with Gasteiger partial charge in [0.25, 0.3) is 0 Å². The maximum atomic E-state index is 4.84. The van der Waals surface area contributed by atoms with E-state index in [-0.39, 0.29) is 24.0 Å². The predicted octanol–water partition coefficient (Wildman–Crippen LogP) is 4.03. The summed E-state index contributed by atoms with van der Waals surface area (Å²) in [4.78, 5) is 11.7. The molecule has 0 radical (unpaired) electrons. The van der Waals surface area contributed by atoms with E-state index >= 15 is 0 Å². The first-order chi connectivity index (χ1) is 11.8. The van der Waals surface area contributed by atoms with Gasteiger partial charge < -0.3 is 10.2 Å². The number of aliphatic imine (C=N–C) groups is 1. The lowest BCUT2D eigenvalue weighted by Gasteiger charge is -2.31. The summed E-state index contributed by atoms with van der Waals surface area (Å²) in [5, 5.41) is 6.79. The Morgan fingerprint density at radius 2 is 2.12 bits per heavy atom. The van der Waals surface area contributed by atoms with E-state index in [1.54, 1.807) is 11.3 Å². The SMILES string of the molecule is CCNC(=NCCCc1nc(C)cs1)N1CCc2ccccc2C1.I. The molecule has 136 valence electrons. The van der Waals surface area contributed by atoms with E-state index in [9.17, 15) is 0 Å². The number of aromatic nitrogens is 1. The Bertz CT molecular complexity index is 698. The van der Waals surface area contributed by atoms with Crippen LogP contribution in [-0.2, 0) is 19.4 Å². The van der Waals surface area contributed by atoms with Crippen molar-refractivity contribution in [2.24, 2.45) is 4.99 Å². The van der Waals surface area contributed by atoms with Crippen LogP contribution in [0.4, 0.5) is 0 Å². The van der Waals surface area contributed by atoms with Gasteiger partial charge in [0.2, 0.25) is 0 Å². The normalized spacial score (nSPS) is 14.0. The van der Waals surface area contributed by atoms with Crippen LogP contribution in [0.3, 0.4) is 0 Å². The van der Waals surface area contributed by atoms with Gasteiger partial charge in [-0.3, -0.25) is 4.99 Å². The Kier molecular flexibility index (Phi) is 8.15. The second-order valence-corrected chi connectivity index (χ2v) is 7.10. The molecule has 1 N–H and O–H groups in total. The lowest BCUT2D eigenvalue weighted by atomic mass is 10.0. The van der Waals surface area contributed by atoms with Gasteiger partial charge in [-0.25, -0.2) is 4.98 Å². The summed E-state index contributed by atoms with van der Waals surface area (Å²) in [5.41, 5.74) is 4.02. The zero-order valence-electron chi connectivity index (χ0n) is 15.0. The van der Waals surface area contributed by atoms with Crippen molar-refractivity contribution in [2.75, 3.05) is 19.6 Å². The van der Waals surface area contributed by atoms with Crippen LogP contribution in [0.15, 0.2) is 34.6 Å². The zero-order chi connectivity index (χ0) is 16.8. The molecule has 1 aliphatic heterocycles. The summed E-state index contributed by atoms with van der Waals surface area (Å²) in [5.74, 6) is 1.04. The van der Waals surface area contributed by atoms with E-state index in [1.807, 2.05) is 0 Å². The van der Waals surface area contributed by atoms with Crippen molar-refractivity contribution < 1.29 is 0 Å². The highest BCUT2D eigenvalue weighted by Crippen LogP contribution is 2.18. The number of fused-ring (bicyclic) bond motifs is 1. The molecule has 0 aliphatic carbocycles. The van der Waals surface area contributed by atoms with Gasteiger partial charge in [-0.2, -0.15) is 0 Å². The van der Waals surface area contributed by atoms with Gasteiger partial charge in [-0.1, -0.05) is 24.3 Å². The van der Waals surface area contributed by atoms with E-state index in [0.29, 0.717) is 0 Å². The molecule has 1 aromatic heterocycles. The number of nitrogens with zero attached hydrogens (tertiary/aromatic N) is 3. The lowest BCUT2D eigenvalue weighted by molar-refractivity contribution is 0.378. The van der Waals surface area contributed by atoms with Gasteiger partial charge in [0, 0.05) is 43.7 Å². The number of thiazole rings is 1. The van der Waals surface area contributed by atoms with Crippen LogP contribution in [0, 0.1) is 6.92 Å². The molecular weight excluding hydrogens is 443 g/mol. The zero-order valence-corrected chi connectivity index (χ0v) is 18.1. The Hall–Kier alpha value is -1.15. The van der Waals surface area contributed by atoms with Crippen molar-refractivity contribution in [3.05, 3.63) is 51.5 Å². The average Bonchev–Trinajstić information content (AvgIpc) is 3.02. The summed E-state index contributed by atoms with van der Waals surface area (Å²) >= 11 is 1.75. The van der Waals surface area contributed by atoms with Crippen molar-refractivity contribution in [1.82, 2.24) is 15.2 Å². The third-order valence-electron chi connectivity index (χ3n) is 4.24. The second-order valence-electron chi connectivity index (χ2n) is 6.16. The molecule has 2 heterocycles. The van der Waals surface area contributed by atoms with Crippen LogP contribution in [0.1, 0.15) is 35.2 Å². The van der Waals surface area contributed by atoms with Crippen LogP contribution >= 0.6 is 35.3 Å². The smallest absolute Gasteiger partial charge is 0.194 e. The summed E-state index contributed by atoms with van der Waals surface area (Å²) in [6.45, 7) is 7.92. The molecule has 3 rings (SSSR count). The molecule has 6 heteroatoms. The van der Waals surface area contributed by atoms with Crippen molar-refractivity contribution in [3.8, 4) is 0 Å². The molecule has 0 unspecified atom stereocenters. The van der Waals surface area contributed by atoms with Crippen LogP contribution in [0.25, 0.3) is 0 Å². The molecule has 0 amide bonds. The van der Waals surface area contributed by atoms with Crippen molar-refractivity contribution >= 4 is 41.3 Å². The molecule has 2 aromatic rings. The van der Waals surface area contributed by atoms with Gasteiger partial charge in [-0.15, -0.1) is 35.3 Å². The molecule has 1 aliphatic rings. The Balaban J connectivity index is 0.00000225. The van der Waals surface area contributed by atoms with E-state index in [4.69, 9.17) is 4.99 Å². The Morgan fingerprint density at radius 1 is 1.32 bits per heavy atom. The quantitative estimate of drug-likeness (QED) is 0.311. The van der Waals surface area contributed by atoms with Gasteiger partial charge in [0.15, 0.2) is 5.96 Å². The summed E-state index contributed by atoms with van der Waals surface area (Å²) < 4.78 is 0. The minimum absolute atomic E-state index is 0. The maximum Gasteiger partial charge on any atom is 0.194 e. The molecule has 0 saturated carbocycles. The average molecular weight is 470 g/mol. The summed E-state index contributed by atoms with van der Waals surface area (Å²) in [7, 11) is 0. The van der Waals surface area contributed by atoms with Gasteiger partial charge >= 0.3 is 0 Å². The highest BCUT2D eigenvalue weighted by Gasteiger charge is 2.18. The Morgan fingerprint density at radius 3 is 2.84 bits per heavy atom. The first-order valence-corrected chi connectivity index (χ1v) is 9.65. The maximum absolute atomic E-state index is 4.84. The molecule has 25 heavy (non-hydrogen) atoms. The molecule has 1 aromatic carbocycles. The van der Waals surface area contributed by atoms with E-state index in [2.05, 4.69) is 58.7 Å². The van der Waals surface area contributed by atoms with Gasteiger partial charge in [0.05, 0.1) is 5.01 Å². The first kappa shape index (κ1) is 20.2. The third kappa shape index (κ3) is 5.67. The summed E-state index contributed by atoms with van der Waals surface area (Å²) in [6, 6.07) is 8.74. The van der Waals surface area contributed by atoms with Crippen LogP contribution in [0.5, 0.6) is 0 Å². The number of halogens is 1. The van der Waals surface area contributed by atoms with Crippen LogP contribution < -0.4 is 5.32 Å². The molecule has 0 saturated heterocycles. The second kappa shape index (κ2) is 10.1. The number of guanidine groups is 1. The van der Waals surface area contributed by atoms with Crippen LogP contribution in [-0.4, -0.2) is 35.5 Å². The minimum Gasteiger partial charge on any atom is -0.357 e. The molecular formula is C19H27IN4S. The highest BCUT2D eigenvalue weighted by molar-refractivity contribution is 14.0. The van der Waals surface area contributed by atoms with Crippen LogP contribution in [0.2, 0.25) is 0 Å². The standard InChI is InChI=1S/C19H26N4S.HI/c1-3-20-19(21-11-6-9-18-22-15(2)14-24-18)23-12-10-16-7-4-5-8-17(16)13-23;/h4-5,7-8,14H,3,6,9-13H2,1-2H3,(H,20,21);1H. The molecule has 0 bridgehead atoms. The van der Waals surface area contributed by atoms with Gasteiger partial charge in [0.1, 0.15) is 0 Å². The topological polar surface area (TPSA) is 40.5 Å². The van der Waals surface area contributed by atoms with Gasteiger partial charge in [-0.05, 0) is 37.8 Å². The molecule has 0 atom stereocenters. The monoisotopic (exact) mass is 470 g/mol. The highest BCUT2D eigenvalue weighted by atomic mass is 127. The number of aryl methyl sites for hydroxylation is 2.